The Morgan fingerprint density at radius 3 is 0.900 bits per heavy atom. The third-order valence-corrected chi connectivity index (χ3v) is 11.1. The number of hydrogen-bond acceptors (Lipinski definition) is 3. The first kappa shape index (κ1) is 49.4. The Balaban J connectivity index is 3.44. The van der Waals surface area contributed by atoms with E-state index in [1.807, 2.05) is 0 Å². The average molecular weight is 708 g/mol. The van der Waals surface area contributed by atoms with E-state index >= 15 is 0 Å². The van der Waals surface area contributed by atoms with E-state index in [1.54, 1.807) is 0 Å². The van der Waals surface area contributed by atoms with Crippen LogP contribution in [-0.2, 0) is 4.79 Å². The second kappa shape index (κ2) is 42.8. The number of hydrogen-bond donors (Lipinski definition) is 3. The number of amides is 1. The van der Waals surface area contributed by atoms with Crippen LogP contribution in [0.4, 0.5) is 0 Å². The first-order chi connectivity index (χ1) is 24.7. The number of unbranched alkanes of at least 4 members (excludes halogenated alkanes) is 36. The van der Waals surface area contributed by atoms with Crippen molar-refractivity contribution in [1.29, 1.82) is 0 Å². The van der Waals surface area contributed by atoms with Crippen LogP contribution in [0.2, 0.25) is 0 Å². The van der Waals surface area contributed by atoms with E-state index in [2.05, 4.69) is 19.2 Å². The van der Waals surface area contributed by atoms with Gasteiger partial charge in [-0.3, -0.25) is 4.79 Å². The van der Waals surface area contributed by atoms with Crippen molar-refractivity contribution in [1.82, 2.24) is 5.32 Å². The number of carbonyl (C=O) groups is 1. The van der Waals surface area contributed by atoms with Crippen LogP contribution in [0.3, 0.4) is 0 Å². The molecule has 2 unspecified atom stereocenters. The summed E-state index contributed by atoms with van der Waals surface area (Å²) in [6.07, 6.45) is 51.9. The molecule has 0 bridgehead atoms. The van der Waals surface area contributed by atoms with E-state index in [9.17, 15) is 15.0 Å². The molecule has 0 rings (SSSR count). The van der Waals surface area contributed by atoms with Crippen molar-refractivity contribution in [2.75, 3.05) is 6.61 Å². The van der Waals surface area contributed by atoms with E-state index in [1.165, 1.54) is 218 Å². The summed E-state index contributed by atoms with van der Waals surface area (Å²) < 4.78 is 0. The second-order valence-corrected chi connectivity index (χ2v) is 16.2. The third-order valence-electron chi connectivity index (χ3n) is 11.1. The number of nitrogens with one attached hydrogen (secondary N) is 1. The summed E-state index contributed by atoms with van der Waals surface area (Å²) in [5, 5.41) is 23.2. The van der Waals surface area contributed by atoms with Gasteiger partial charge in [-0.2, -0.15) is 0 Å². The van der Waals surface area contributed by atoms with Gasteiger partial charge in [0.15, 0.2) is 0 Å². The van der Waals surface area contributed by atoms with Gasteiger partial charge in [0.25, 0.3) is 0 Å². The Hall–Kier alpha value is -0.610. The van der Waals surface area contributed by atoms with E-state index in [4.69, 9.17) is 0 Å². The van der Waals surface area contributed by atoms with Crippen molar-refractivity contribution >= 4 is 5.91 Å². The lowest BCUT2D eigenvalue weighted by atomic mass is 10.0. The molecule has 0 aromatic carbocycles. The number of rotatable bonds is 43. The summed E-state index contributed by atoms with van der Waals surface area (Å²) in [7, 11) is 0. The maximum Gasteiger partial charge on any atom is 0.220 e. The predicted octanol–water partition coefficient (Wildman–Crippen LogP) is 14.5. The number of aliphatic hydroxyl groups is 2. The minimum absolute atomic E-state index is 0.0258. The molecule has 0 saturated carbocycles. The molecule has 0 aliphatic heterocycles. The standard InChI is InChI=1S/C46H93NO3/c1-3-5-7-9-11-13-15-17-19-20-21-22-23-24-25-26-28-29-31-33-35-37-39-41-45(49)44(43-48)47-46(50)42-40-38-36-34-32-30-27-18-16-14-12-10-8-6-4-2/h44-45,48-49H,3-43H2,1-2H3,(H,47,50). The molecule has 50 heavy (non-hydrogen) atoms. The molecular weight excluding hydrogens is 615 g/mol. The monoisotopic (exact) mass is 708 g/mol. The molecular formula is C46H93NO3. The summed E-state index contributed by atoms with van der Waals surface area (Å²) in [6, 6.07) is -0.529. The normalized spacial score (nSPS) is 12.8. The molecule has 0 radical (unpaired) electrons. The molecule has 0 fully saturated rings. The largest absolute Gasteiger partial charge is 0.394 e. The lowest BCUT2D eigenvalue weighted by molar-refractivity contribution is -0.123. The summed E-state index contributed by atoms with van der Waals surface area (Å²) in [5.41, 5.74) is 0. The molecule has 0 aliphatic rings. The van der Waals surface area contributed by atoms with Crippen molar-refractivity contribution in [3.63, 3.8) is 0 Å². The number of carbonyl (C=O) groups excluding carboxylic acids is 1. The van der Waals surface area contributed by atoms with Crippen molar-refractivity contribution in [2.24, 2.45) is 0 Å². The van der Waals surface area contributed by atoms with Gasteiger partial charge in [-0.1, -0.05) is 251 Å². The Morgan fingerprint density at radius 2 is 0.640 bits per heavy atom. The molecule has 0 aliphatic carbocycles. The molecule has 4 nitrogen and oxygen atoms in total. The Morgan fingerprint density at radius 1 is 0.400 bits per heavy atom. The zero-order chi connectivity index (χ0) is 36.4. The lowest BCUT2D eigenvalue weighted by Gasteiger charge is -2.22. The molecule has 4 heteroatoms. The minimum Gasteiger partial charge on any atom is -0.394 e. The van der Waals surface area contributed by atoms with E-state index in [0.717, 1.165) is 25.7 Å². The molecule has 0 aromatic rings. The Bertz CT molecular complexity index is 641. The summed E-state index contributed by atoms with van der Waals surface area (Å²) in [6.45, 7) is 4.39. The van der Waals surface area contributed by atoms with Crippen molar-refractivity contribution < 1.29 is 15.0 Å². The molecule has 0 spiro atoms. The van der Waals surface area contributed by atoms with Gasteiger partial charge in [-0.25, -0.2) is 0 Å². The molecule has 2 atom stereocenters. The summed E-state index contributed by atoms with van der Waals surface area (Å²) in [5.74, 6) is -0.0258. The average Bonchev–Trinajstić information content (AvgIpc) is 3.12. The van der Waals surface area contributed by atoms with Crippen molar-refractivity contribution in [2.45, 2.75) is 283 Å². The van der Waals surface area contributed by atoms with Crippen LogP contribution in [0.5, 0.6) is 0 Å². The fraction of sp³-hybridized carbons (Fsp3) is 0.978. The maximum atomic E-state index is 12.4. The highest BCUT2D eigenvalue weighted by Crippen LogP contribution is 2.17. The van der Waals surface area contributed by atoms with Crippen LogP contribution in [0.15, 0.2) is 0 Å². The molecule has 300 valence electrons. The first-order valence-electron chi connectivity index (χ1n) is 23.2. The van der Waals surface area contributed by atoms with Crippen LogP contribution in [0.1, 0.15) is 271 Å². The topological polar surface area (TPSA) is 69.6 Å². The molecule has 0 saturated heterocycles. The Labute approximate surface area is 314 Å². The van der Waals surface area contributed by atoms with Gasteiger partial charge < -0.3 is 15.5 Å². The minimum atomic E-state index is -0.653. The number of aliphatic hydroxyl groups excluding tert-OH is 2. The van der Waals surface area contributed by atoms with E-state index in [-0.39, 0.29) is 12.5 Å². The quantitative estimate of drug-likeness (QED) is 0.0553. The zero-order valence-corrected chi connectivity index (χ0v) is 34.4. The van der Waals surface area contributed by atoms with Gasteiger partial charge in [-0.05, 0) is 12.8 Å². The van der Waals surface area contributed by atoms with Crippen LogP contribution in [-0.4, -0.2) is 34.9 Å². The van der Waals surface area contributed by atoms with Crippen molar-refractivity contribution in [3.05, 3.63) is 0 Å². The van der Waals surface area contributed by atoms with Gasteiger partial charge in [0.05, 0.1) is 18.8 Å². The molecule has 0 heterocycles. The Kier molecular flexibility index (Phi) is 42.3. The van der Waals surface area contributed by atoms with Crippen LogP contribution < -0.4 is 5.32 Å². The fourth-order valence-electron chi connectivity index (χ4n) is 7.54. The zero-order valence-electron chi connectivity index (χ0n) is 34.4. The predicted molar refractivity (Wildman–Crippen MR) is 221 cm³/mol. The molecule has 0 aromatic heterocycles. The summed E-state index contributed by atoms with van der Waals surface area (Å²) >= 11 is 0. The van der Waals surface area contributed by atoms with Gasteiger partial charge >= 0.3 is 0 Å². The van der Waals surface area contributed by atoms with Crippen molar-refractivity contribution in [3.8, 4) is 0 Å². The van der Waals surface area contributed by atoms with Crippen LogP contribution in [0, 0.1) is 0 Å². The lowest BCUT2D eigenvalue weighted by Crippen LogP contribution is -2.45. The maximum absolute atomic E-state index is 12.4. The smallest absolute Gasteiger partial charge is 0.220 e. The molecule has 3 N–H and O–H groups in total. The van der Waals surface area contributed by atoms with Crippen LogP contribution in [0.25, 0.3) is 0 Å². The second-order valence-electron chi connectivity index (χ2n) is 16.2. The highest BCUT2D eigenvalue weighted by atomic mass is 16.3. The SMILES string of the molecule is CCCCCCCCCCCCCCCCCCCCCCCCCC(O)C(CO)NC(=O)CCCCCCCCCCCCCCCCC. The summed E-state index contributed by atoms with van der Waals surface area (Å²) in [4.78, 5) is 12.4. The fourth-order valence-corrected chi connectivity index (χ4v) is 7.54. The van der Waals surface area contributed by atoms with Gasteiger partial charge in [0, 0.05) is 6.42 Å². The highest BCUT2D eigenvalue weighted by Gasteiger charge is 2.20. The first-order valence-corrected chi connectivity index (χ1v) is 23.2. The van der Waals surface area contributed by atoms with E-state index in [0.29, 0.717) is 12.8 Å². The molecule has 1 amide bonds. The van der Waals surface area contributed by atoms with Gasteiger partial charge in [0.2, 0.25) is 5.91 Å². The highest BCUT2D eigenvalue weighted by molar-refractivity contribution is 5.76. The van der Waals surface area contributed by atoms with E-state index < -0.39 is 12.1 Å². The van der Waals surface area contributed by atoms with Gasteiger partial charge in [0.1, 0.15) is 0 Å². The third kappa shape index (κ3) is 38.6. The van der Waals surface area contributed by atoms with Gasteiger partial charge in [-0.15, -0.1) is 0 Å². The van der Waals surface area contributed by atoms with Crippen LogP contribution >= 0.6 is 0 Å².